The Bertz CT molecular complexity index is 214. The summed E-state index contributed by atoms with van der Waals surface area (Å²) in [6, 6.07) is 0. The molecule has 0 aromatic carbocycles. The fourth-order valence-electron chi connectivity index (χ4n) is 1.01. The van der Waals surface area contributed by atoms with Crippen LogP contribution in [0.4, 0.5) is 0 Å². The zero-order chi connectivity index (χ0) is 10.8. The number of ether oxygens (including phenoxy) is 1. The lowest BCUT2D eigenvalue weighted by Gasteiger charge is -2.02. The monoisotopic (exact) mass is 196 g/mol. The maximum Gasteiger partial charge on any atom is 0.333 e. The second kappa shape index (κ2) is 8.54. The smallest absolute Gasteiger partial charge is 0.333 e. The van der Waals surface area contributed by atoms with Gasteiger partial charge in [0.1, 0.15) is 0 Å². The molecule has 14 heavy (non-hydrogen) atoms. The minimum Gasteiger partial charge on any atom is -0.462 e. The van der Waals surface area contributed by atoms with Crippen LogP contribution < -0.4 is 0 Å². The van der Waals surface area contributed by atoms with Crippen LogP contribution in [0.1, 0.15) is 40.0 Å². The highest BCUT2D eigenvalue weighted by Crippen LogP contribution is 1.99. The number of rotatable bonds is 6. The number of hydrogen-bond donors (Lipinski definition) is 0. The van der Waals surface area contributed by atoms with Crippen molar-refractivity contribution < 1.29 is 9.53 Å². The molecular formula is C12H20O2. The van der Waals surface area contributed by atoms with E-state index in [2.05, 4.69) is 13.0 Å². The van der Waals surface area contributed by atoms with Crippen molar-refractivity contribution in [2.45, 2.75) is 40.0 Å². The van der Waals surface area contributed by atoms with Crippen LogP contribution in [0, 0.1) is 0 Å². The Hall–Kier alpha value is -1.05. The van der Waals surface area contributed by atoms with E-state index in [-0.39, 0.29) is 5.97 Å². The maximum atomic E-state index is 11.3. The van der Waals surface area contributed by atoms with Crippen LogP contribution in [0.2, 0.25) is 0 Å². The molecule has 2 heteroatoms. The van der Waals surface area contributed by atoms with Crippen molar-refractivity contribution >= 4 is 5.97 Å². The molecule has 0 aliphatic rings. The molecule has 0 bridgehead atoms. The molecule has 0 aliphatic heterocycles. The third-order valence-corrected chi connectivity index (χ3v) is 1.75. The third-order valence-electron chi connectivity index (χ3n) is 1.75. The SMILES string of the molecule is CC/C=C\CCOC(=O)/C(C)=C\CC. The minimum absolute atomic E-state index is 0.197. The Labute approximate surface area is 86.6 Å². The van der Waals surface area contributed by atoms with Crippen LogP contribution in [-0.2, 0) is 9.53 Å². The first-order chi connectivity index (χ1) is 6.72. The lowest BCUT2D eigenvalue weighted by Crippen LogP contribution is -2.06. The molecule has 2 nitrogen and oxygen atoms in total. The summed E-state index contributed by atoms with van der Waals surface area (Å²) in [5.41, 5.74) is 0.701. The second-order valence-corrected chi connectivity index (χ2v) is 3.10. The lowest BCUT2D eigenvalue weighted by atomic mass is 10.2. The van der Waals surface area contributed by atoms with E-state index in [1.807, 2.05) is 19.1 Å². The van der Waals surface area contributed by atoms with Crippen LogP contribution in [0.15, 0.2) is 23.8 Å². The summed E-state index contributed by atoms with van der Waals surface area (Å²) in [5, 5.41) is 0. The van der Waals surface area contributed by atoms with E-state index in [1.54, 1.807) is 6.92 Å². The first-order valence-electron chi connectivity index (χ1n) is 5.21. The Morgan fingerprint density at radius 1 is 1.21 bits per heavy atom. The van der Waals surface area contributed by atoms with Crippen molar-refractivity contribution in [2.75, 3.05) is 6.61 Å². The molecule has 0 aromatic heterocycles. The maximum absolute atomic E-state index is 11.3. The van der Waals surface area contributed by atoms with Crippen molar-refractivity contribution in [3.05, 3.63) is 23.8 Å². The van der Waals surface area contributed by atoms with Gasteiger partial charge in [0.05, 0.1) is 6.61 Å². The molecule has 0 spiro atoms. The van der Waals surface area contributed by atoms with E-state index in [0.717, 1.165) is 19.3 Å². The van der Waals surface area contributed by atoms with Gasteiger partial charge in [-0.1, -0.05) is 32.1 Å². The Morgan fingerprint density at radius 2 is 1.93 bits per heavy atom. The van der Waals surface area contributed by atoms with E-state index >= 15 is 0 Å². The van der Waals surface area contributed by atoms with Gasteiger partial charge in [0.2, 0.25) is 0 Å². The van der Waals surface area contributed by atoms with E-state index in [0.29, 0.717) is 12.2 Å². The third kappa shape index (κ3) is 6.46. The predicted molar refractivity (Wildman–Crippen MR) is 59.1 cm³/mol. The van der Waals surface area contributed by atoms with Crippen LogP contribution >= 0.6 is 0 Å². The van der Waals surface area contributed by atoms with Gasteiger partial charge in [-0.3, -0.25) is 0 Å². The van der Waals surface area contributed by atoms with E-state index in [9.17, 15) is 4.79 Å². The highest BCUT2D eigenvalue weighted by Gasteiger charge is 2.02. The number of allylic oxidation sites excluding steroid dienone is 2. The van der Waals surface area contributed by atoms with Crippen molar-refractivity contribution in [2.24, 2.45) is 0 Å². The average Bonchev–Trinajstić information content (AvgIpc) is 2.17. The first-order valence-corrected chi connectivity index (χ1v) is 5.21. The lowest BCUT2D eigenvalue weighted by molar-refractivity contribution is -0.138. The Morgan fingerprint density at radius 3 is 2.50 bits per heavy atom. The summed E-state index contributed by atoms with van der Waals surface area (Å²) in [6.07, 6.45) is 8.69. The van der Waals surface area contributed by atoms with Gasteiger partial charge in [0, 0.05) is 5.57 Å². The predicted octanol–water partition coefficient (Wildman–Crippen LogP) is 3.24. The molecule has 0 aliphatic carbocycles. The molecular weight excluding hydrogens is 176 g/mol. The minimum atomic E-state index is -0.197. The molecule has 0 radical (unpaired) electrons. The summed E-state index contributed by atoms with van der Waals surface area (Å²) in [5.74, 6) is -0.197. The Kier molecular flexibility index (Phi) is 7.90. The molecule has 0 atom stereocenters. The molecule has 0 aromatic rings. The van der Waals surface area contributed by atoms with Gasteiger partial charge in [-0.25, -0.2) is 4.79 Å². The summed E-state index contributed by atoms with van der Waals surface area (Å²) in [6.45, 7) is 6.34. The van der Waals surface area contributed by atoms with Crippen LogP contribution in [0.3, 0.4) is 0 Å². The average molecular weight is 196 g/mol. The Balaban J connectivity index is 3.64. The zero-order valence-electron chi connectivity index (χ0n) is 9.38. The van der Waals surface area contributed by atoms with Crippen molar-refractivity contribution in [1.82, 2.24) is 0 Å². The number of carbonyl (C=O) groups excluding carboxylic acids is 1. The topological polar surface area (TPSA) is 26.3 Å². The van der Waals surface area contributed by atoms with E-state index in [4.69, 9.17) is 4.74 Å². The fraction of sp³-hybridized carbons (Fsp3) is 0.583. The van der Waals surface area contributed by atoms with Gasteiger partial charge < -0.3 is 4.74 Å². The van der Waals surface area contributed by atoms with Crippen molar-refractivity contribution in [3.8, 4) is 0 Å². The molecule has 0 saturated carbocycles. The van der Waals surface area contributed by atoms with Gasteiger partial charge in [-0.15, -0.1) is 0 Å². The molecule has 0 saturated heterocycles. The van der Waals surface area contributed by atoms with Gasteiger partial charge in [-0.2, -0.15) is 0 Å². The van der Waals surface area contributed by atoms with Crippen LogP contribution in [0.25, 0.3) is 0 Å². The van der Waals surface area contributed by atoms with Crippen LogP contribution in [-0.4, -0.2) is 12.6 Å². The summed E-state index contributed by atoms with van der Waals surface area (Å²) in [7, 11) is 0. The van der Waals surface area contributed by atoms with Gasteiger partial charge in [0.15, 0.2) is 0 Å². The quantitative estimate of drug-likeness (QED) is 0.282. The molecule has 0 N–H and O–H groups in total. The van der Waals surface area contributed by atoms with E-state index < -0.39 is 0 Å². The van der Waals surface area contributed by atoms with Gasteiger partial charge >= 0.3 is 5.97 Å². The number of hydrogen-bond acceptors (Lipinski definition) is 2. The molecule has 80 valence electrons. The summed E-state index contributed by atoms with van der Waals surface area (Å²) < 4.78 is 5.04. The highest BCUT2D eigenvalue weighted by atomic mass is 16.5. The van der Waals surface area contributed by atoms with Crippen molar-refractivity contribution in [1.29, 1.82) is 0 Å². The molecule has 0 rings (SSSR count). The summed E-state index contributed by atoms with van der Waals surface area (Å²) >= 11 is 0. The first kappa shape index (κ1) is 12.9. The summed E-state index contributed by atoms with van der Waals surface area (Å²) in [4.78, 5) is 11.3. The van der Waals surface area contributed by atoms with Crippen molar-refractivity contribution in [3.63, 3.8) is 0 Å². The molecule has 0 unspecified atom stereocenters. The number of esters is 1. The second-order valence-electron chi connectivity index (χ2n) is 3.10. The van der Waals surface area contributed by atoms with Gasteiger partial charge in [0.25, 0.3) is 0 Å². The molecule has 0 amide bonds. The molecule has 0 fully saturated rings. The van der Waals surface area contributed by atoms with Gasteiger partial charge in [-0.05, 0) is 26.2 Å². The zero-order valence-corrected chi connectivity index (χ0v) is 9.38. The van der Waals surface area contributed by atoms with Crippen LogP contribution in [0.5, 0.6) is 0 Å². The fourth-order valence-corrected chi connectivity index (χ4v) is 1.01. The highest BCUT2D eigenvalue weighted by molar-refractivity contribution is 5.87. The normalized spacial score (nSPS) is 12.1. The van der Waals surface area contributed by atoms with E-state index in [1.165, 1.54) is 0 Å². The number of carbonyl (C=O) groups is 1. The largest absolute Gasteiger partial charge is 0.462 e. The molecule has 0 heterocycles. The standard InChI is InChI=1S/C12H20O2/c1-4-6-7-8-10-14-12(13)11(3)9-5-2/h6-7,9H,4-5,8,10H2,1-3H3/b7-6-,11-9-.